The van der Waals surface area contributed by atoms with Gasteiger partial charge in [-0.1, -0.05) is 13.8 Å². The SMILES string of the molecule is CC(C)(F)[C@@H](NC(=O)C(F)(F)F)C(=O)N1C[C@H]2[C@@H]([C@H]1C(=O)N[C@H](C=O)C[C@@H]1CCCNC1=O)C2(C)C. The van der Waals surface area contributed by atoms with Crippen molar-refractivity contribution in [3.05, 3.63) is 0 Å². The number of fused-ring (bicyclic) bond motifs is 1. The third kappa shape index (κ3) is 5.49. The summed E-state index contributed by atoms with van der Waals surface area (Å²) in [5, 5.41) is 6.69. The van der Waals surface area contributed by atoms with Crippen LogP contribution < -0.4 is 16.0 Å². The molecular weight excluding hydrogens is 488 g/mol. The monoisotopic (exact) mass is 520 g/mol. The van der Waals surface area contributed by atoms with E-state index in [9.17, 15) is 41.5 Å². The second-order valence-electron chi connectivity index (χ2n) is 11.0. The van der Waals surface area contributed by atoms with Crippen molar-refractivity contribution in [2.75, 3.05) is 13.1 Å². The summed E-state index contributed by atoms with van der Waals surface area (Å²) >= 11 is 0. The molecule has 0 spiro atoms. The Balaban J connectivity index is 1.80. The van der Waals surface area contributed by atoms with E-state index in [0.717, 1.165) is 25.2 Å². The molecule has 1 saturated carbocycles. The summed E-state index contributed by atoms with van der Waals surface area (Å²) in [7, 11) is 0. The minimum absolute atomic E-state index is 0.0140. The average molecular weight is 521 g/mol. The van der Waals surface area contributed by atoms with E-state index in [4.69, 9.17) is 0 Å². The minimum atomic E-state index is -5.34. The Morgan fingerprint density at radius 2 is 1.83 bits per heavy atom. The van der Waals surface area contributed by atoms with Crippen molar-refractivity contribution >= 4 is 29.9 Å². The predicted octanol–water partition coefficient (Wildman–Crippen LogP) is 0.865. The first kappa shape index (κ1) is 27.9. The Bertz CT molecular complexity index is 932. The van der Waals surface area contributed by atoms with Crippen LogP contribution in [0.25, 0.3) is 0 Å². The molecule has 0 unspecified atom stereocenters. The van der Waals surface area contributed by atoms with Crippen LogP contribution in [0.4, 0.5) is 17.6 Å². The Kier molecular flexibility index (Phi) is 7.44. The maximum Gasteiger partial charge on any atom is 0.471 e. The predicted molar refractivity (Wildman–Crippen MR) is 118 cm³/mol. The molecule has 3 N–H and O–H groups in total. The van der Waals surface area contributed by atoms with Gasteiger partial charge in [-0.2, -0.15) is 13.2 Å². The number of aldehydes is 1. The Labute approximate surface area is 206 Å². The number of nitrogens with zero attached hydrogens (tertiary/aromatic N) is 1. The van der Waals surface area contributed by atoms with Crippen LogP contribution in [0.15, 0.2) is 0 Å². The van der Waals surface area contributed by atoms with Gasteiger partial charge in [-0.15, -0.1) is 0 Å². The largest absolute Gasteiger partial charge is 0.471 e. The standard InChI is InChI=1S/C23H32F4N4O5/c1-21(2)13-9-31(19(35)16(22(3,4)24)30-20(36)23(25,26)27)15(14(13)21)18(34)29-12(10-32)8-11-6-5-7-28-17(11)33/h10-16H,5-9H2,1-4H3,(H,28,33)(H,29,34)(H,30,36)/t11-,12-,13-,14-,15-,16-/m0/s1. The molecule has 6 atom stereocenters. The molecule has 9 nitrogen and oxygen atoms in total. The highest BCUT2D eigenvalue weighted by Crippen LogP contribution is 2.65. The molecule has 2 heterocycles. The summed E-state index contributed by atoms with van der Waals surface area (Å²) < 4.78 is 53.3. The fourth-order valence-electron chi connectivity index (χ4n) is 5.50. The zero-order valence-electron chi connectivity index (χ0n) is 20.6. The van der Waals surface area contributed by atoms with Gasteiger partial charge in [0.15, 0.2) is 0 Å². The van der Waals surface area contributed by atoms with Gasteiger partial charge in [0.2, 0.25) is 17.7 Å². The van der Waals surface area contributed by atoms with E-state index in [-0.39, 0.29) is 36.1 Å². The van der Waals surface area contributed by atoms with E-state index in [1.807, 2.05) is 13.8 Å². The van der Waals surface area contributed by atoms with Crippen LogP contribution in [0.3, 0.4) is 0 Å². The van der Waals surface area contributed by atoms with E-state index >= 15 is 0 Å². The number of alkyl halides is 4. The van der Waals surface area contributed by atoms with Gasteiger partial charge in [0, 0.05) is 19.0 Å². The molecule has 0 aromatic carbocycles. The number of carbonyl (C=O) groups excluding carboxylic acids is 5. The second-order valence-corrected chi connectivity index (χ2v) is 11.0. The summed E-state index contributed by atoms with van der Waals surface area (Å²) in [6, 6.07) is -4.38. The average Bonchev–Trinajstić information content (AvgIpc) is 3.09. The van der Waals surface area contributed by atoms with E-state index in [1.165, 1.54) is 5.32 Å². The quantitative estimate of drug-likeness (QED) is 0.324. The van der Waals surface area contributed by atoms with E-state index in [1.54, 1.807) is 0 Å². The zero-order valence-corrected chi connectivity index (χ0v) is 20.6. The maximum atomic E-state index is 14.8. The highest BCUT2D eigenvalue weighted by Gasteiger charge is 2.70. The number of carbonyl (C=O) groups is 5. The van der Waals surface area contributed by atoms with Crippen molar-refractivity contribution in [2.45, 2.75) is 76.9 Å². The third-order valence-electron chi connectivity index (χ3n) is 7.66. The molecule has 1 aliphatic carbocycles. The lowest BCUT2D eigenvalue weighted by Crippen LogP contribution is -2.62. The van der Waals surface area contributed by atoms with Gasteiger partial charge < -0.3 is 25.6 Å². The minimum Gasteiger partial charge on any atom is -0.356 e. The van der Waals surface area contributed by atoms with E-state index in [0.29, 0.717) is 19.3 Å². The van der Waals surface area contributed by atoms with Crippen LogP contribution in [0, 0.1) is 23.2 Å². The highest BCUT2D eigenvalue weighted by atomic mass is 19.4. The van der Waals surface area contributed by atoms with Crippen LogP contribution >= 0.6 is 0 Å². The molecule has 0 bridgehead atoms. The summed E-state index contributed by atoms with van der Waals surface area (Å²) in [6.07, 6.45) is -3.51. The van der Waals surface area contributed by atoms with Gasteiger partial charge in [-0.3, -0.25) is 19.2 Å². The number of piperidine rings is 2. The molecule has 3 fully saturated rings. The van der Waals surface area contributed by atoms with Crippen LogP contribution in [-0.4, -0.2) is 77.9 Å². The molecular formula is C23H32F4N4O5. The van der Waals surface area contributed by atoms with Crippen LogP contribution in [-0.2, 0) is 24.0 Å². The van der Waals surface area contributed by atoms with Gasteiger partial charge in [-0.05, 0) is 50.4 Å². The molecule has 3 rings (SSSR count). The smallest absolute Gasteiger partial charge is 0.356 e. The molecule has 0 aromatic rings. The molecule has 202 valence electrons. The summed E-state index contributed by atoms with van der Waals surface area (Å²) in [4.78, 5) is 62.8. The van der Waals surface area contributed by atoms with E-state index in [2.05, 4.69) is 10.6 Å². The van der Waals surface area contributed by atoms with Crippen molar-refractivity contribution in [1.82, 2.24) is 20.9 Å². The number of hydrogen-bond acceptors (Lipinski definition) is 5. The summed E-state index contributed by atoms with van der Waals surface area (Å²) in [5.41, 5.74) is -2.93. The summed E-state index contributed by atoms with van der Waals surface area (Å²) in [5.74, 6) is -5.58. The molecule has 0 aromatic heterocycles. The molecule has 36 heavy (non-hydrogen) atoms. The number of likely N-dealkylation sites (tertiary alicyclic amines) is 1. The number of rotatable bonds is 8. The number of halogens is 4. The maximum absolute atomic E-state index is 14.8. The van der Waals surface area contributed by atoms with Gasteiger partial charge in [0.05, 0.1) is 6.04 Å². The van der Waals surface area contributed by atoms with Crippen molar-refractivity contribution in [3.63, 3.8) is 0 Å². The third-order valence-corrected chi connectivity index (χ3v) is 7.66. The first-order valence-electron chi connectivity index (χ1n) is 11.9. The number of hydrogen-bond donors (Lipinski definition) is 3. The van der Waals surface area contributed by atoms with Gasteiger partial charge in [-0.25, -0.2) is 4.39 Å². The normalized spacial score (nSPS) is 28.9. The fourth-order valence-corrected chi connectivity index (χ4v) is 5.50. The highest BCUT2D eigenvalue weighted by molar-refractivity contribution is 5.95. The molecule has 0 radical (unpaired) electrons. The Morgan fingerprint density at radius 1 is 1.19 bits per heavy atom. The summed E-state index contributed by atoms with van der Waals surface area (Å²) in [6.45, 7) is 5.98. The van der Waals surface area contributed by atoms with Gasteiger partial charge in [0.25, 0.3) is 0 Å². The lowest BCUT2D eigenvalue weighted by Gasteiger charge is -2.36. The van der Waals surface area contributed by atoms with Crippen molar-refractivity contribution in [1.29, 1.82) is 0 Å². The number of amides is 4. The Hall–Kier alpha value is -2.73. The molecule has 4 amide bonds. The first-order valence-corrected chi connectivity index (χ1v) is 11.9. The molecule has 2 aliphatic heterocycles. The Morgan fingerprint density at radius 3 is 2.36 bits per heavy atom. The fraction of sp³-hybridized carbons (Fsp3) is 0.783. The van der Waals surface area contributed by atoms with Crippen molar-refractivity contribution in [2.24, 2.45) is 23.2 Å². The molecule has 2 saturated heterocycles. The van der Waals surface area contributed by atoms with Gasteiger partial charge in [0.1, 0.15) is 24.0 Å². The molecule has 3 aliphatic rings. The lowest BCUT2D eigenvalue weighted by atomic mass is 9.91. The zero-order chi connectivity index (χ0) is 27.2. The lowest BCUT2D eigenvalue weighted by molar-refractivity contribution is -0.176. The topological polar surface area (TPSA) is 125 Å². The van der Waals surface area contributed by atoms with Gasteiger partial charge >= 0.3 is 12.1 Å². The second kappa shape index (κ2) is 9.62. The number of nitrogens with one attached hydrogen (secondary N) is 3. The first-order chi connectivity index (χ1) is 16.5. The van der Waals surface area contributed by atoms with Crippen LogP contribution in [0.2, 0.25) is 0 Å². The molecule has 13 heteroatoms. The van der Waals surface area contributed by atoms with Crippen LogP contribution in [0.5, 0.6) is 0 Å². The van der Waals surface area contributed by atoms with Crippen molar-refractivity contribution in [3.8, 4) is 0 Å². The van der Waals surface area contributed by atoms with E-state index < -0.39 is 53.6 Å². The van der Waals surface area contributed by atoms with Crippen molar-refractivity contribution < 1.29 is 41.5 Å². The van der Waals surface area contributed by atoms with Crippen LogP contribution in [0.1, 0.15) is 47.0 Å².